The molecule has 0 saturated carbocycles. The summed E-state index contributed by atoms with van der Waals surface area (Å²) in [7, 11) is 0. The Morgan fingerprint density at radius 2 is 1.85 bits per heavy atom. The number of piperazine rings is 1. The second-order valence-electron chi connectivity index (χ2n) is 6.35. The van der Waals surface area contributed by atoms with Gasteiger partial charge in [0.2, 0.25) is 0 Å². The zero-order chi connectivity index (χ0) is 18.3. The highest BCUT2D eigenvalue weighted by Crippen LogP contribution is 2.22. The molecule has 5 nitrogen and oxygen atoms in total. The number of carbonyl (C=O) groups is 1. The number of anilines is 1. The molecule has 0 spiro atoms. The molecule has 7 heteroatoms. The lowest BCUT2D eigenvalue weighted by Gasteiger charge is -2.36. The third-order valence-electron chi connectivity index (χ3n) is 4.72. The van der Waals surface area contributed by atoms with Crippen molar-refractivity contribution in [2.45, 2.75) is 6.92 Å². The summed E-state index contributed by atoms with van der Waals surface area (Å²) in [4.78, 5) is 21.4. The maximum Gasteiger partial charge on any atom is 0.272 e. The first-order valence-electron chi connectivity index (χ1n) is 8.47. The smallest absolute Gasteiger partial charge is 0.272 e. The van der Waals surface area contributed by atoms with Gasteiger partial charge in [0, 0.05) is 36.8 Å². The molecule has 1 aliphatic rings. The normalized spacial score (nSPS) is 14.9. The van der Waals surface area contributed by atoms with E-state index < -0.39 is 0 Å². The molecule has 1 saturated heterocycles. The molecule has 0 radical (unpaired) electrons. The highest BCUT2D eigenvalue weighted by molar-refractivity contribution is 9.10. The summed E-state index contributed by atoms with van der Waals surface area (Å²) < 4.78 is 16.7. The number of rotatable bonds is 2. The monoisotopic (exact) mass is 416 g/mol. The number of amides is 1. The number of hydrogen-bond acceptors (Lipinski definition) is 3. The van der Waals surface area contributed by atoms with Gasteiger partial charge in [-0.15, -0.1) is 0 Å². The van der Waals surface area contributed by atoms with Crippen molar-refractivity contribution in [3.8, 4) is 0 Å². The summed E-state index contributed by atoms with van der Waals surface area (Å²) in [6, 6.07) is 10.5. The first-order chi connectivity index (χ1) is 12.5. The molecule has 0 bridgehead atoms. The molecule has 1 aliphatic heterocycles. The molecular formula is C19H18BrFN4O. The summed E-state index contributed by atoms with van der Waals surface area (Å²) in [5.74, 6) is -0.268. The summed E-state index contributed by atoms with van der Waals surface area (Å²) in [5, 5.41) is 0. The van der Waals surface area contributed by atoms with Gasteiger partial charge in [0.15, 0.2) is 0 Å². The van der Waals surface area contributed by atoms with Crippen LogP contribution in [0.5, 0.6) is 0 Å². The van der Waals surface area contributed by atoms with Crippen LogP contribution in [-0.2, 0) is 0 Å². The molecule has 26 heavy (non-hydrogen) atoms. The molecule has 0 N–H and O–H groups in total. The maximum absolute atomic E-state index is 14.0. The lowest BCUT2D eigenvalue weighted by atomic mass is 10.2. The number of fused-ring (bicyclic) bond motifs is 1. The Kier molecular flexibility index (Phi) is 4.40. The van der Waals surface area contributed by atoms with Crippen molar-refractivity contribution in [1.29, 1.82) is 0 Å². The number of benzene rings is 1. The third kappa shape index (κ3) is 2.96. The minimum Gasteiger partial charge on any atom is -0.366 e. The molecule has 2 aromatic heterocycles. The van der Waals surface area contributed by atoms with Crippen molar-refractivity contribution < 1.29 is 9.18 Å². The Morgan fingerprint density at radius 3 is 2.58 bits per heavy atom. The van der Waals surface area contributed by atoms with Crippen LogP contribution in [-0.4, -0.2) is 46.4 Å². The number of pyridine rings is 1. The van der Waals surface area contributed by atoms with Crippen LogP contribution in [0.2, 0.25) is 0 Å². The van der Waals surface area contributed by atoms with Gasteiger partial charge in [-0.25, -0.2) is 9.37 Å². The maximum atomic E-state index is 14.0. The average Bonchev–Trinajstić information content (AvgIpc) is 2.97. The van der Waals surface area contributed by atoms with Crippen molar-refractivity contribution in [2.75, 3.05) is 31.1 Å². The Bertz CT molecular complexity index is 979. The minimum absolute atomic E-state index is 0.0405. The number of halogens is 2. The molecule has 3 aromatic rings. The minimum atomic E-state index is -0.227. The molecule has 134 valence electrons. The third-order valence-corrected chi connectivity index (χ3v) is 5.19. The van der Waals surface area contributed by atoms with Gasteiger partial charge >= 0.3 is 0 Å². The molecular weight excluding hydrogens is 399 g/mol. The van der Waals surface area contributed by atoms with Gasteiger partial charge in [-0.3, -0.25) is 9.20 Å². The van der Waals surface area contributed by atoms with Crippen LogP contribution in [0, 0.1) is 12.7 Å². The number of aromatic nitrogens is 2. The predicted molar refractivity (Wildman–Crippen MR) is 102 cm³/mol. The molecule has 1 amide bonds. The van der Waals surface area contributed by atoms with Gasteiger partial charge < -0.3 is 9.80 Å². The SMILES string of the molecule is Cc1nc2ccc(Br)cn2c1C(=O)N1CCN(c2ccccc2F)CC1. The Hall–Kier alpha value is -2.41. The zero-order valence-electron chi connectivity index (χ0n) is 14.3. The molecule has 1 aromatic carbocycles. The van der Waals surface area contributed by atoms with E-state index in [0.29, 0.717) is 43.3 Å². The number of hydrogen-bond donors (Lipinski definition) is 0. The van der Waals surface area contributed by atoms with Crippen LogP contribution in [0.25, 0.3) is 5.65 Å². The molecule has 4 rings (SSSR count). The van der Waals surface area contributed by atoms with E-state index in [4.69, 9.17) is 0 Å². The number of nitrogens with zero attached hydrogens (tertiary/aromatic N) is 4. The Labute approximate surface area is 159 Å². The number of carbonyl (C=O) groups excluding carboxylic acids is 1. The van der Waals surface area contributed by atoms with Crippen molar-refractivity contribution >= 4 is 33.2 Å². The van der Waals surface area contributed by atoms with Gasteiger partial charge in [0.05, 0.1) is 11.4 Å². The van der Waals surface area contributed by atoms with E-state index in [0.717, 1.165) is 10.1 Å². The highest BCUT2D eigenvalue weighted by atomic mass is 79.9. The second kappa shape index (κ2) is 6.72. The fourth-order valence-electron chi connectivity index (χ4n) is 3.40. The first kappa shape index (κ1) is 17.0. The second-order valence-corrected chi connectivity index (χ2v) is 7.27. The number of aryl methyl sites for hydroxylation is 1. The van der Waals surface area contributed by atoms with Crippen LogP contribution >= 0.6 is 15.9 Å². The van der Waals surface area contributed by atoms with Gasteiger partial charge in [0.25, 0.3) is 5.91 Å². The quantitative estimate of drug-likeness (QED) is 0.641. The summed E-state index contributed by atoms with van der Waals surface area (Å²) in [5.41, 5.74) is 2.64. The topological polar surface area (TPSA) is 40.9 Å². The predicted octanol–water partition coefficient (Wildman–Crippen LogP) is 3.51. The van der Waals surface area contributed by atoms with Crippen LogP contribution in [0.4, 0.5) is 10.1 Å². The standard InChI is InChI=1S/C19H18BrFN4O/c1-13-18(25-12-14(20)6-7-17(25)22-13)19(26)24-10-8-23(9-11-24)16-5-3-2-4-15(16)21/h2-7,12H,8-11H2,1H3. The largest absolute Gasteiger partial charge is 0.366 e. The van der Waals surface area contributed by atoms with Gasteiger partial charge in [-0.05, 0) is 47.1 Å². The summed E-state index contributed by atoms with van der Waals surface area (Å²) in [6.45, 7) is 4.16. The van der Waals surface area contributed by atoms with Crippen molar-refractivity contribution in [3.05, 3.63) is 64.3 Å². The average molecular weight is 417 g/mol. The first-order valence-corrected chi connectivity index (χ1v) is 9.27. The van der Waals surface area contributed by atoms with Crippen LogP contribution < -0.4 is 4.90 Å². The van der Waals surface area contributed by atoms with Crippen molar-refractivity contribution in [3.63, 3.8) is 0 Å². The van der Waals surface area contributed by atoms with E-state index in [9.17, 15) is 9.18 Å². The lowest BCUT2D eigenvalue weighted by molar-refractivity contribution is 0.0739. The van der Waals surface area contributed by atoms with E-state index in [2.05, 4.69) is 20.9 Å². The zero-order valence-corrected chi connectivity index (χ0v) is 15.9. The van der Waals surface area contributed by atoms with E-state index in [1.807, 2.05) is 45.5 Å². The fourth-order valence-corrected chi connectivity index (χ4v) is 3.74. The van der Waals surface area contributed by atoms with Gasteiger partial charge in [-0.1, -0.05) is 12.1 Å². The Balaban J connectivity index is 1.55. The van der Waals surface area contributed by atoms with Gasteiger partial charge in [0.1, 0.15) is 17.2 Å². The molecule has 0 aliphatic carbocycles. The summed E-state index contributed by atoms with van der Waals surface area (Å²) in [6.07, 6.45) is 1.86. The number of para-hydroxylation sites is 1. The molecule has 0 unspecified atom stereocenters. The number of imidazole rings is 1. The van der Waals surface area contributed by atoms with E-state index in [1.54, 1.807) is 12.1 Å². The van der Waals surface area contributed by atoms with E-state index in [-0.39, 0.29) is 11.7 Å². The van der Waals surface area contributed by atoms with Crippen LogP contribution in [0.1, 0.15) is 16.2 Å². The van der Waals surface area contributed by atoms with E-state index >= 15 is 0 Å². The molecule has 3 heterocycles. The summed E-state index contributed by atoms with van der Waals surface area (Å²) >= 11 is 3.45. The van der Waals surface area contributed by atoms with Crippen LogP contribution in [0.3, 0.4) is 0 Å². The van der Waals surface area contributed by atoms with Crippen molar-refractivity contribution in [1.82, 2.24) is 14.3 Å². The molecule has 0 atom stereocenters. The molecule has 1 fully saturated rings. The fraction of sp³-hybridized carbons (Fsp3) is 0.263. The Morgan fingerprint density at radius 1 is 1.12 bits per heavy atom. The van der Waals surface area contributed by atoms with E-state index in [1.165, 1.54) is 6.07 Å². The van der Waals surface area contributed by atoms with Crippen molar-refractivity contribution in [2.24, 2.45) is 0 Å². The lowest BCUT2D eigenvalue weighted by Crippen LogP contribution is -2.49. The van der Waals surface area contributed by atoms with Gasteiger partial charge in [-0.2, -0.15) is 0 Å². The highest BCUT2D eigenvalue weighted by Gasteiger charge is 2.27. The van der Waals surface area contributed by atoms with Crippen LogP contribution in [0.15, 0.2) is 47.1 Å².